The van der Waals surface area contributed by atoms with Crippen LogP contribution >= 0.6 is 15.9 Å². The van der Waals surface area contributed by atoms with E-state index in [0.29, 0.717) is 13.2 Å². The molecule has 22 heavy (non-hydrogen) atoms. The molecule has 2 heterocycles. The zero-order valence-electron chi connectivity index (χ0n) is 11.7. The lowest BCUT2D eigenvalue weighted by atomic mass is 10.1. The molecule has 0 spiro atoms. The van der Waals surface area contributed by atoms with E-state index in [-0.39, 0.29) is 0 Å². The van der Waals surface area contributed by atoms with Gasteiger partial charge in [0.05, 0.1) is 11.4 Å². The topological polar surface area (TPSA) is 47.1 Å². The van der Waals surface area contributed by atoms with Crippen LogP contribution in [0.25, 0.3) is 22.5 Å². The minimum Gasteiger partial charge on any atom is -0.486 e. The lowest BCUT2D eigenvalue weighted by Crippen LogP contribution is -2.15. The van der Waals surface area contributed by atoms with Gasteiger partial charge in [-0.1, -0.05) is 28.1 Å². The monoisotopic (exact) mass is 356 g/mol. The van der Waals surface area contributed by atoms with E-state index < -0.39 is 0 Å². The van der Waals surface area contributed by atoms with E-state index in [1.165, 1.54) is 0 Å². The molecule has 0 amide bonds. The van der Waals surface area contributed by atoms with Crippen molar-refractivity contribution in [3.8, 4) is 34.0 Å². The van der Waals surface area contributed by atoms with E-state index in [4.69, 9.17) is 9.47 Å². The Hall–Kier alpha value is -2.27. The van der Waals surface area contributed by atoms with E-state index in [0.717, 1.165) is 38.5 Å². The van der Waals surface area contributed by atoms with Crippen LogP contribution < -0.4 is 9.47 Å². The molecule has 1 N–H and O–H groups in total. The third-order valence-electron chi connectivity index (χ3n) is 3.55. The smallest absolute Gasteiger partial charge is 0.162 e. The Morgan fingerprint density at radius 3 is 2.64 bits per heavy atom. The van der Waals surface area contributed by atoms with Gasteiger partial charge in [-0.2, -0.15) is 5.10 Å². The number of ether oxygens (including phenoxy) is 2. The van der Waals surface area contributed by atoms with Gasteiger partial charge in [0.2, 0.25) is 0 Å². The number of rotatable bonds is 2. The second-order valence-corrected chi connectivity index (χ2v) is 5.95. The zero-order valence-corrected chi connectivity index (χ0v) is 13.3. The number of hydrogen-bond acceptors (Lipinski definition) is 3. The molecule has 0 saturated carbocycles. The summed E-state index contributed by atoms with van der Waals surface area (Å²) in [4.78, 5) is 0. The number of aromatic amines is 1. The molecule has 0 unspecified atom stereocenters. The van der Waals surface area contributed by atoms with Crippen molar-refractivity contribution in [1.29, 1.82) is 0 Å². The van der Waals surface area contributed by atoms with E-state index in [2.05, 4.69) is 26.1 Å². The van der Waals surface area contributed by atoms with E-state index in [9.17, 15) is 0 Å². The van der Waals surface area contributed by atoms with Crippen LogP contribution in [0.15, 0.2) is 53.0 Å². The van der Waals surface area contributed by atoms with Crippen molar-refractivity contribution in [2.75, 3.05) is 13.2 Å². The van der Waals surface area contributed by atoms with Gasteiger partial charge in [0.1, 0.15) is 13.2 Å². The van der Waals surface area contributed by atoms with E-state index >= 15 is 0 Å². The Kier molecular flexibility index (Phi) is 3.35. The van der Waals surface area contributed by atoms with Gasteiger partial charge in [-0.3, -0.25) is 5.10 Å². The largest absolute Gasteiger partial charge is 0.486 e. The highest BCUT2D eigenvalue weighted by molar-refractivity contribution is 9.10. The van der Waals surface area contributed by atoms with Crippen LogP contribution in [0.1, 0.15) is 0 Å². The van der Waals surface area contributed by atoms with Gasteiger partial charge in [0, 0.05) is 15.6 Å². The zero-order chi connectivity index (χ0) is 14.9. The second kappa shape index (κ2) is 5.50. The van der Waals surface area contributed by atoms with Gasteiger partial charge in [-0.15, -0.1) is 0 Å². The first-order valence-electron chi connectivity index (χ1n) is 7.01. The van der Waals surface area contributed by atoms with Crippen molar-refractivity contribution >= 4 is 15.9 Å². The van der Waals surface area contributed by atoms with Gasteiger partial charge in [-0.25, -0.2) is 0 Å². The van der Waals surface area contributed by atoms with Crippen LogP contribution in [0.3, 0.4) is 0 Å². The molecule has 4 rings (SSSR count). The molecule has 1 aliphatic rings. The van der Waals surface area contributed by atoms with Crippen molar-refractivity contribution in [2.45, 2.75) is 0 Å². The average molecular weight is 357 g/mol. The normalized spacial score (nSPS) is 13.1. The molecule has 4 nitrogen and oxygen atoms in total. The Morgan fingerprint density at radius 1 is 0.909 bits per heavy atom. The van der Waals surface area contributed by atoms with Crippen molar-refractivity contribution in [1.82, 2.24) is 10.2 Å². The molecule has 0 radical (unpaired) electrons. The summed E-state index contributed by atoms with van der Waals surface area (Å²) in [6.07, 6.45) is 0. The highest BCUT2D eigenvalue weighted by atomic mass is 79.9. The van der Waals surface area contributed by atoms with Crippen molar-refractivity contribution in [2.24, 2.45) is 0 Å². The van der Waals surface area contributed by atoms with Gasteiger partial charge in [0.15, 0.2) is 11.5 Å². The Balaban J connectivity index is 1.69. The molecule has 0 bridgehead atoms. The lowest BCUT2D eigenvalue weighted by Gasteiger charge is -2.18. The molecule has 0 atom stereocenters. The van der Waals surface area contributed by atoms with Crippen LogP contribution in [0.2, 0.25) is 0 Å². The first-order chi connectivity index (χ1) is 10.8. The molecule has 1 aromatic heterocycles. The highest BCUT2D eigenvalue weighted by Gasteiger charge is 2.13. The number of benzene rings is 2. The van der Waals surface area contributed by atoms with Gasteiger partial charge >= 0.3 is 0 Å². The summed E-state index contributed by atoms with van der Waals surface area (Å²) in [5, 5.41) is 7.48. The third kappa shape index (κ3) is 2.48. The standard InChI is InChI=1S/C17H13BrN2O2/c18-13-3-1-2-11(8-13)14-10-15(20-19-14)12-4-5-16-17(9-12)22-7-6-21-16/h1-5,8-10H,6-7H2,(H,19,20). The van der Waals surface area contributed by atoms with E-state index in [1.807, 2.05) is 48.5 Å². The first kappa shape index (κ1) is 13.4. The van der Waals surface area contributed by atoms with Gasteiger partial charge < -0.3 is 9.47 Å². The maximum Gasteiger partial charge on any atom is 0.162 e. The fraction of sp³-hybridized carbons (Fsp3) is 0.118. The quantitative estimate of drug-likeness (QED) is 0.745. The van der Waals surface area contributed by atoms with Crippen LogP contribution in [0.4, 0.5) is 0 Å². The SMILES string of the molecule is Brc1cccc(-c2cc(-c3ccc4c(c3)OCCO4)[nH]n2)c1. The summed E-state index contributed by atoms with van der Waals surface area (Å²) >= 11 is 3.48. The summed E-state index contributed by atoms with van der Waals surface area (Å²) in [5.74, 6) is 1.57. The molecular weight excluding hydrogens is 344 g/mol. The second-order valence-electron chi connectivity index (χ2n) is 5.04. The van der Waals surface area contributed by atoms with Crippen LogP contribution in [-0.2, 0) is 0 Å². The summed E-state index contributed by atoms with van der Waals surface area (Å²) in [7, 11) is 0. The molecule has 2 aromatic carbocycles. The minimum atomic E-state index is 0.586. The third-order valence-corrected chi connectivity index (χ3v) is 4.04. The maximum atomic E-state index is 5.63. The number of H-pyrrole nitrogens is 1. The Bertz CT molecular complexity index is 829. The molecule has 5 heteroatoms. The fourth-order valence-electron chi connectivity index (χ4n) is 2.48. The number of halogens is 1. The molecule has 1 aliphatic heterocycles. The van der Waals surface area contributed by atoms with Crippen LogP contribution in [0, 0.1) is 0 Å². The minimum absolute atomic E-state index is 0.586. The summed E-state index contributed by atoms with van der Waals surface area (Å²) in [6, 6.07) is 16.0. The Morgan fingerprint density at radius 2 is 1.77 bits per heavy atom. The summed E-state index contributed by atoms with van der Waals surface area (Å²) < 4.78 is 12.2. The predicted octanol–water partition coefficient (Wildman–Crippen LogP) is 4.28. The fourth-order valence-corrected chi connectivity index (χ4v) is 2.88. The van der Waals surface area contributed by atoms with Crippen molar-refractivity contribution < 1.29 is 9.47 Å². The molecule has 110 valence electrons. The predicted molar refractivity (Wildman–Crippen MR) is 88.1 cm³/mol. The molecular formula is C17H13BrN2O2. The maximum absolute atomic E-state index is 5.63. The van der Waals surface area contributed by atoms with Gasteiger partial charge in [0.25, 0.3) is 0 Å². The average Bonchev–Trinajstić information content (AvgIpc) is 3.04. The van der Waals surface area contributed by atoms with Crippen molar-refractivity contribution in [3.05, 3.63) is 53.0 Å². The van der Waals surface area contributed by atoms with Crippen LogP contribution in [-0.4, -0.2) is 23.4 Å². The molecule has 0 saturated heterocycles. The van der Waals surface area contributed by atoms with Crippen molar-refractivity contribution in [3.63, 3.8) is 0 Å². The summed E-state index contributed by atoms with van der Waals surface area (Å²) in [5.41, 5.74) is 3.95. The van der Waals surface area contributed by atoms with E-state index in [1.54, 1.807) is 0 Å². The number of fused-ring (bicyclic) bond motifs is 1. The Labute approximate surface area is 136 Å². The number of aromatic nitrogens is 2. The van der Waals surface area contributed by atoms with Gasteiger partial charge in [-0.05, 0) is 36.4 Å². The highest BCUT2D eigenvalue weighted by Crippen LogP contribution is 2.34. The molecule has 3 aromatic rings. The number of nitrogens with zero attached hydrogens (tertiary/aromatic N) is 1. The number of hydrogen-bond donors (Lipinski definition) is 1. The van der Waals surface area contributed by atoms with Crippen LogP contribution in [0.5, 0.6) is 11.5 Å². The number of nitrogens with one attached hydrogen (secondary N) is 1. The molecule has 0 fully saturated rings. The molecule has 0 aliphatic carbocycles. The lowest BCUT2D eigenvalue weighted by molar-refractivity contribution is 0.171. The first-order valence-corrected chi connectivity index (χ1v) is 7.80. The summed E-state index contributed by atoms with van der Waals surface area (Å²) in [6.45, 7) is 1.19.